The monoisotopic (exact) mass is 398 g/mol. The van der Waals surface area contributed by atoms with Crippen LogP contribution in [0.1, 0.15) is 27.7 Å². The lowest BCUT2D eigenvalue weighted by atomic mass is 10.2. The second-order valence-electron chi connectivity index (χ2n) is 5.26. The van der Waals surface area contributed by atoms with Crippen LogP contribution < -0.4 is 5.63 Å². The molecule has 2 rings (SSSR count). The van der Waals surface area contributed by atoms with Gasteiger partial charge in [-0.05, 0) is 45.4 Å². The first kappa shape index (κ1) is 21.1. The van der Waals surface area contributed by atoms with Crippen LogP contribution in [0.4, 0.5) is 4.20 Å². The second kappa shape index (κ2) is 8.97. The van der Waals surface area contributed by atoms with E-state index in [2.05, 4.69) is 9.05 Å². The third-order valence-corrected chi connectivity index (χ3v) is 4.50. The van der Waals surface area contributed by atoms with Gasteiger partial charge in [0.25, 0.3) is 0 Å². The molecule has 0 N–H and O–H groups in total. The fraction of sp³-hybridized carbons (Fsp3) is 0.400. The highest BCUT2D eigenvalue weighted by atomic mass is 35.5. The lowest BCUT2D eigenvalue weighted by molar-refractivity contribution is 0.118. The van der Waals surface area contributed by atoms with Gasteiger partial charge < -0.3 is 4.42 Å². The Morgan fingerprint density at radius 2 is 1.50 bits per heavy atom. The third kappa shape index (κ3) is 6.54. The van der Waals surface area contributed by atoms with Crippen molar-refractivity contribution in [1.82, 2.24) is 0 Å². The Labute approximate surface area is 149 Å². The number of hydrogen-bond donors (Lipinski definition) is 0. The fourth-order valence-electron chi connectivity index (χ4n) is 1.67. The van der Waals surface area contributed by atoms with Crippen LogP contribution in [0, 0.1) is 0 Å². The van der Waals surface area contributed by atoms with Crippen LogP contribution in [-0.4, -0.2) is 12.2 Å². The summed E-state index contributed by atoms with van der Waals surface area (Å²) in [6, 6.07) is 6.89. The highest BCUT2D eigenvalue weighted by Gasteiger charge is 2.26. The molecule has 0 saturated heterocycles. The average molecular weight is 399 g/mol. The van der Waals surface area contributed by atoms with Gasteiger partial charge in [0.1, 0.15) is 5.02 Å². The van der Waals surface area contributed by atoms with Crippen LogP contribution in [0.5, 0.6) is 0 Å². The van der Waals surface area contributed by atoms with Crippen molar-refractivity contribution in [2.75, 3.05) is 0 Å². The van der Waals surface area contributed by atoms with Gasteiger partial charge in [0.2, 0.25) is 5.22 Å². The van der Waals surface area contributed by atoms with Gasteiger partial charge in [0, 0.05) is 5.39 Å². The van der Waals surface area contributed by atoms with E-state index in [1.165, 1.54) is 0 Å². The summed E-state index contributed by atoms with van der Waals surface area (Å²) < 4.78 is 37.0. The molecule has 0 unspecified atom stereocenters. The van der Waals surface area contributed by atoms with Crippen LogP contribution in [0.3, 0.4) is 0 Å². The third-order valence-electron chi connectivity index (χ3n) is 2.41. The Bertz CT molecular complexity index is 777. The van der Waals surface area contributed by atoms with Gasteiger partial charge in [0.05, 0.1) is 17.6 Å². The minimum absolute atomic E-state index is 0.0645. The zero-order chi connectivity index (χ0) is 18.5. The molecule has 0 fully saturated rings. The zero-order valence-corrected chi connectivity index (χ0v) is 16.0. The van der Waals surface area contributed by atoms with E-state index in [4.69, 9.17) is 27.6 Å². The van der Waals surface area contributed by atoms with E-state index in [0.29, 0.717) is 10.8 Å². The molecule has 0 aliphatic heterocycles. The van der Waals surface area contributed by atoms with Crippen molar-refractivity contribution in [2.24, 2.45) is 0 Å². The molecule has 0 aliphatic carbocycles. The lowest BCUT2D eigenvalue weighted by Gasteiger charge is -2.14. The predicted octanol–water partition coefficient (Wildman–Crippen LogP) is 6.01. The Morgan fingerprint density at radius 1 is 1.04 bits per heavy atom. The number of fused-ring (bicyclic) bond motifs is 1. The van der Waals surface area contributed by atoms with Crippen LogP contribution >= 0.6 is 31.1 Å². The molecule has 0 amide bonds. The molecule has 1 aromatic carbocycles. The highest BCUT2D eigenvalue weighted by molar-refractivity contribution is 7.48. The number of rotatable bonds is 4. The van der Waals surface area contributed by atoms with Gasteiger partial charge in [-0.2, -0.15) is 0 Å². The molecule has 0 radical (unpaired) electrons. The van der Waals surface area contributed by atoms with E-state index in [-0.39, 0.29) is 10.2 Å². The molecule has 24 heavy (non-hydrogen) atoms. The summed E-state index contributed by atoms with van der Waals surface area (Å²) in [5.74, 6) is 0. The summed E-state index contributed by atoms with van der Waals surface area (Å²) in [6.45, 7) is 6.37. The van der Waals surface area contributed by atoms with Crippen molar-refractivity contribution in [3.05, 3.63) is 44.9 Å². The van der Waals surface area contributed by atoms with Crippen molar-refractivity contribution in [3.63, 3.8) is 0 Å². The summed E-state index contributed by atoms with van der Waals surface area (Å²) in [5.41, 5.74) is -0.468. The van der Waals surface area contributed by atoms with E-state index in [9.17, 15) is 13.6 Å². The maximum Gasteiger partial charge on any atom is 0.513 e. The first-order valence-corrected chi connectivity index (χ1v) is 9.25. The summed E-state index contributed by atoms with van der Waals surface area (Å²) in [7, 11) is -4.30. The topological polar surface area (TPSA) is 65.7 Å². The minimum atomic E-state index is -4.30. The molecular weight excluding hydrogens is 381 g/mol. The Hall–Kier alpha value is -0.910. The molecule has 0 spiro atoms. The first-order chi connectivity index (χ1) is 11.0. The maximum atomic E-state index is 12.7. The van der Waals surface area contributed by atoms with Gasteiger partial charge in [-0.3, -0.25) is 9.05 Å². The molecule has 134 valence electrons. The van der Waals surface area contributed by atoms with E-state index in [0.717, 1.165) is 0 Å². The van der Waals surface area contributed by atoms with Crippen molar-refractivity contribution in [3.8, 4) is 0 Å². The largest absolute Gasteiger partial charge is 0.513 e. The van der Waals surface area contributed by atoms with Gasteiger partial charge >= 0.3 is 13.5 Å². The molecule has 1 heterocycles. The molecular formula is C15H18Cl2FO5P. The quantitative estimate of drug-likeness (QED) is 0.589. The second-order valence-corrected chi connectivity index (χ2v) is 7.27. The van der Waals surface area contributed by atoms with Gasteiger partial charge in [0.15, 0.2) is 0 Å². The molecule has 0 saturated carbocycles. The fourth-order valence-corrected chi connectivity index (χ4v) is 3.10. The van der Waals surface area contributed by atoms with E-state index in [1.807, 2.05) is 0 Å². The highest BCUT2D eigenvalue weighted by Crippen LogP contribution is 2.51. The zero-order valence-electron chi connectivity index (χ0n) is 13.6. The van der Waals surface area contributed by atoms with Crippen molar-refractivity contribution in [1.29, 1.82) is 0 Å². The molecule has 9 heteroatoms. The Kier molecular flexibility index (Phi) is 7.90. The van der Waals surface area contributed by atoms with E-state index in [1.54, 1.807) is 52.0 Å². The summed E-state index contributed by atoms with van der Waals surface area (Å²) in [6.07, 6.45) is -0.853. The van der Waals surface area contributed by atoms with Crippen LogP contribution in [-0.2, 0) is 13.6 Å². The Morgan fingerprint density at radius 3 is 1.96 bits per heavy atom. The molecule has 0 bridgehead atoms. The van der Waals surface area contributed by atoms with Crippen molar-refractivity contribution < 1.29 is 22.2 Å². The van der Waals surface area contributed by atoms with Crippen molar-refractivity contribution in [2.45, 2.75) is 39.9 Å². The summed E-state index contributed by atoms with van der Waals surface area (Å²) in [5, 5.41) is 1.27. The first-order valence-electron chi connectivity index (χ1n) is 7.07. The number of hydrogen-bond acceptors (Lipinski definition) is 5. The summed E-state index contributed by atoms with van der Waals surface area (Å²) in [4.78, 5) is 11.2. The standard InChI is InChI=1S/C9H4Cl2O2.C6H14FO3P/c10-7-5-3-1-2-4-6(5)9(12)13-8(7)11;1-5(2)9-11(7,8)10-6(3)4/h1-4H;5-6H,1-4H3. The van der Waals surface area contributed by atoms with Gasteiger partial charge in [-0.15, -0.1) is 4.20 Å². The molecule has 1 aromatic heterocycles. The lowest BCUT2D eigenvalue weighted by Crippen LogP contribution is -2.04. The number of benzene rings is 1. The van der Waals surface area contributed by atoms with Gasteiger partial charge in [-0.25, -0.2) is 9.36 Å². The smallest absolute Gasteiger partial charge is 0.409 e. The SMILES string of the molecule is CC(C)OP(=O)(F)OC(C)C.O=c1oc(Cl)c(Cl)c2ccccc12. The summed E-state index contributed by atoms with van der Waals surface area (Å²) >= 11 is 11.4. The van der Waals surface area contributed by atoms with E-state index < -0.39 is 25.7 Å². The minimum Gasteiger partial charge on any atom is -0.409 e. The molecule has 5 nitrogen and oxygen atoms in total. The molecule has 0 aliphatic rings. The normalized spacial score (nSPS) is 11.7. The average Bonchev–Trinajstić information content (AvgIpc) is 2.43. The van der Waals surface area contributed by atoms with E-state index >= 15 is 0 Å². The van der Waals surface area contributed by atoms with Gasteiger partial charge in [-0.1, -0.05) is 29.8 Å². The van der Waals surface area contributed by atoms with Crippen LogP contribution in [0.2, 0.25) is 10.2 Å². The molecule has 2 aromatic rings. The molecule has 0 atom stereocenters. The maximum absolute atomic E-state index is 12.7. The predicted molar refractivity (Wildman–Crippen MR) is 93.7 cm³/mol. The van der Waals surface area contributed by atoms with Crippen LogP contribution in [0.25, 0.3) is 10.8 Å². The Balaban J connectivity index is 0.000000245. The van der Waals surface area contributed by atoms with Crippen molar-refractivity contribution >= 4 is 41.9 Å². The number of halogens is 3. The van der Waals surface area contributed by atoms with Crippen LogP contribution in [0.15, 0.2) is 33.5 Å².